The third-order valence-electron chi connectivity index (χ3n) is 4.58. The topological polar surface area (TPSA) is 66.4 Å². The van der Waals surface area contributed by atoms with Crippen LogP contribution in [0.5, 0.6) is 0 Å². The summed E-state index contributed by atoms with van der Waals surface area (Å²) in [7, 11) is -3.05. The van der Waals surface area contributed by atoms with Crippen molar-refractivity contribution in [2.24, 2.45) is 0 Å². The first-order valence-corrected chi connectivity index (χ1v) is 9.37. The van der Waals surface area contributed by atoms with Gasteiger partial charge in [0.2, 0.25) is 10.0 Å². The minimum atomic E-state index is -3.05. The molecule has 116 valence electrons. The van der Waals surface area contributed by atoms with Crippen molar-refractivity contribution in [3.63, 3.8) is 0 Å². The molecule has 2 fully saturated rings. The monoisotopic (exact) mass is 310 g/mol. The van der Waals surface area contributed by atoms with Crippen LogP contribution in [0.3, 0.4) is 0 Å². The van der Waals surface area contributed by atoms with Crippen molar-refractivity contribution in [3.8, 4) is 0 Å². The first kappa shape index (κ1) is 14.9. The van der Waals surface area contributed by atoms with E-state index in [-0.39, 0.29) is 0 Å². The second-order valence-electron chi connectivity index (χ2n) is 5.92. The smallest absolute Gasteiger partial charge is 0.211 e. The molecule has 2 aliphatic heterocycles. The number of likely N-dealkylation sites (tertiary alicyclic amines) is 1. The van der Waals surface area contributed by atoms with Crippen LogP contribution in [-0.2, 0) is 10.0 Å². The van der Waals surface area contributed by atoms with Crippen LogP contribution in [0.2, 0.25) is 0 Å². The molecule has 0 N–H and O–H groups in total. The molecule has 0 aromatic carbocycles. The molecule has 2 saturated heterocycles. The highest BCUT2D eigenvalue weighted by molar-refractivity contribution is 7.88. The summed E-state index contributed by atoms with van der Waals surface area (Å²) in [6.45, 7) is 2.34. The van der Waals surface area contributed by atoms with Gasteiger partial charge in [0, 0.05) is 37.7 Å². The van der Waals surface area contributed by atoms with Gasteiger partial charge in [0.1, 0.15) is 0 Å². The standard InChI is InChI=1S/C14H22N4O2S/c1-21(19,20)17-9-4-12(5-10-17)18-8-2-3-14(18)13-11-15-6-7-16-13/h6-7,11-12,14H,2-5,8-10H2,1H3/t14-/m0/s1. The van der Waals surface area contributed by atoms with Gasteiger partial charge in [-0.1, -0.05) is 0 Å². The Morgan fingerprint density at radius 1 is 1.14 bits per heavy atom. The largest absolute Gasteiger partial charge is 0.292 e. The number of rotatable bonds is 3. The summed E-state index contributed by atoms with van der Waals surface area (Å²) in [6.07, 6.45) is 10.7. The van der Waals surface area contributed by atoms with Crippen molar-refractivity contribution in [2.75, 3.05) is 25.9 Å². The summed E-state index contributed by atoms with van der Waals surface area (Å²) >= 11 is 0. The number of hydrogen-bond donors (Lipinski definition) is 0. The average Bonchev–Trinajstić information content (AvgIpc) is 2.97. The minimum absolute atomic E-state index is 0.341. The highest BCUT2D eigenvalue weighted by atomic mass is 32.2. The van der Waals surface area contributed by atoms with Gasteiger partial charge in [0.05, 0.1) is 18.0 Å². The molecule has 0 radical (unpaired) electrons. The van der Waals surface area contributed by atoms with E-state index in [4.69, 9.17) is 0 Å². The lowest BCUT2D eigenvalue weighted by Crippen LogP contribution is -2.46. The van der Waals surface area contributed by atoms with E-state index < -0.39 is 10.0 Å². The minimum Gasteiger partial charge on any atom is -0.292 e. The van der Waals surface area contributed by atoms with Crippen LogP contribution in [0.15, 0.2) is 18.6 Å². The summed E-state index contributed by atoms with van der Waals surface area (Å²) in [6, 6.07) is 0.797. The molecule has 0 amide bonds. The summed E-state index contributed by atoms with van der Waals surface area (Å²) in [5, 5.41) is 0. The zero-order valence-corrected chi connectivity index (χ0v) is 13.2. The molecule has 1 aromatic rings. The predicted octanol–water partition coefficient (Wildman–Crippen LogP) is 1.04. The molecule has 0 spiro atoms. The first-order valence-electron chi connectivity index (χ1n) is 7.52. The molecular formula is C14H22N4O2S. The molecule has 6 nitrogen and oxygen atoms in total. The first-order chi connectivity index (χ1) is 10.1. The van der Waals surface area contributed by atoms with Crippen LogP contribution < -0.4 is 0 Å². The predicted molar refractivity (Wildman–Crippen MR) is 80.2 cm³/mol. The van der Waals surface area contributed by atoms with E-state index >= 15 is 0 Å². The SMILES string of the molecule is CS(=O)(=O)N1CCC(N2CCC[C@H]2c2cnccn2)CC1. The lowest BCUT2D eigenvalue weighted by atomic mass is 10.0. The number of sulfonamides is 1. The van der Waals surface area contributed by atoms with E-state index in [1.54, 1.807) is 16.7 Å². The van der Waals surface area contributed by atoms with Gasteiger partial charge in [-0.15, -0.1) is 0 Å². The fraction of sp³-hybridized carbons (Fsp3) is 0.714. The van der Waals surface area contributed by atoms with Crippen LogP contribution in [-0.4, -0.2) is 59.5 Å². The van der Waals surface area contributed by atoms with Crippen LogP contribution in [0.1, 0.15) is 37.4 Å². The molecule has 21 heavy (non-hydrogen) atoms. The molecule has 7 heteroatoms. The number of hydrogen-bond acceptors (Lipinski definition) is 5. The molecular weight excluding hydrogens is 288 g/mol. The highest BCUT2D eigenvalue weighted by Crippen LogP contribution is 2.35. The molecule has 1 aromatic heterocycles. The van der Waals surface area contributed by atoms with Gasteiger partial charge in [-0.2, -0.15) is 0 Å². The second-order valence-corrected chi connectivity index (χ2v) is 7.90. The van der Waals surface area contributed by atoms with E-state index in [0.29, 0.717) is 25.2 Å². The second kappa shape index (κ2) is 5.98. The summed E-state index contributed by atoms with van der Waals surface area (Å²) in [5.74, 6) is 0. The molecule has 0 saturated carbocycles. The maximum atomic E-state index is 11.6. The Labute approximate surface area is 126 Å². The lowest BCUT2D eigenvalue weighted by Gasteiger charge is -2.38. The molecule has 2 aliphatic rings. The Morgan fingerprint density at radius 2 is 1.90 bits per heavy atom. The Morgan fingerprint density at radius 3 is 2.52 bits per heavy atom. The van der Waals surface area contributed by atoms with Crippen molar-refractivity contribution in [1.29, 1.82) is 0 Å². The average molecular weight is 310 g/mol. The van der Waals surface area contributed by atoms with E-state index in [0.717, 1.165) is 31.5 Å². The van der Waals surface area contributed by atoms with E-state index in [1.165, 1.54) is 12.7 Å². The normalized spacial score (nSPS) is 26.2. The number of nitrogens with zero attached hydrogens (tertiary/aromatic N) is 4. The van der Waals surface area contributed by atoms with Crippen molar-refractivity contribution in [1.82, 2.24) is 19.2 Å². The van der Waals surface area contributed by atoms with E-state index in [9.17, 15) is 8.42 Å². The molecule has 0 bridgehead atoms. The fourth-order valence-corrected chi connectivity index (χ4v) is 4.41. The zero-order chi connectivity index (χ0) is 14.9. The zero-order valence-electron chi connectivity index (χ0n) is 12.4. The van der Waals surface area contributed by atoms with Crippen LogP contribution >= 0.6 is 0 Å². The molecule has 3 rings (SSSR count). The van der Waals surface area contributed by atoms with Crippen molar-refractivity contribution >= 4 is 10.0 Å². The van der Waals surface area contributed by atoms with E-state index in [1.807, 2.05) is 6.20 Å². The van der Waals surface area contributed by atoms with Gasteiger partial charge in [0.15, 0.2) is 0 Å². The maximum absolute atomic E-state index is 11.6. The van der Waals surface area contributed by atoms with E-state index in [2.05, 4.69) is 14.9 Å². The molecule has 3 heterocycles. The molecule has 1 atom stereocenters. The number of aromatic nitrogens is 2. The highest BCUT2D eigenvalue weighted by Gasteiger charge is 2.35. The van der Waals surface area contributed by atoms with Gasteiger partial charge < -0.3 is 0 Å². The van der Waals surface area contributed by atoms with Gasteiger partial charge in [-0.05, 0) is 32.2 Å². The van der Waals surface area contributed by atoms with Crippen molar-refractivity contribution in [2.45, 2.75) is 37.8 Å². The van der Waals surface area contributed by atoms with Gasteiger partial charge in [-0.25, -0.2) is 12.7 Å². The third kappa shape index (κ3) is 3.25. The Hall–Kier alpha value is -1.05. The maximum Gasteiger partial charge on any atom is 0.211 e. The molecule has 0 aliphatic carbocycles. The van der Waals surface area contributed by atoms with Gasteiger partial charge >= 0.3 is 0 Å². The third-order valence-corrected chi connectivity index (χ3v) is 5.88. The summed E-state index contributed by atoms with van der Waals surface area (Å²) in [4.78, 5) is 11.1. The Bertz CT molecular complexity index is 570. The quantitative estimate of drug-likeness (QED) is 0.834. The fourth-order valence-electron chi connectivity index (χ4n) is 3.53. The summed E-state index contributed by atoms with van der Waals surface area (Å²) in [5.41, 5.74) is 1.04. The van der Waals surface area contributed by atoms with Gasteiger partial charge in [0.25, 0.3) is 0 Å². The van der Waals surface area contributed by atoms with Crippen molar-refractivity contribution in [3.05, 3.63) is 24.3 Å². The van der Waals surface area contributed by atoms with Crippen molar-refractivity contribution < 1.29 is 8.42 Å². The number of piperidine rings is 1. The van der Waals surface area contributed by atoms with Crippen LogP contribution in [0.25, 0.3) is 0 Å². The summed E-state index contributed by atoms with van der Waals surface area (Å²) < 4.78 is 24.8. The van der Waals surface area contributed by atoms with Crippen LogP contribution in [0, 0.1) is 0 Å². The van der Waals surface area contributed by atoms with Crippen LogP contribution in [0.4, 0.5) is 0 Å². The Kier molecular flexibility index (Phi) is 4.24. The lowest BCUT2D eigenvalue weighted by molar-refractivity contribution is 0.125. The van der Waals surface area contributed by atoms with Gasteiger partial charge in [-0.3, -0.25) is 14.9 Å². The Balaban J connectivity index is 1.67. The molecule has 0 unspecified atom stereocenters.